The van der Waals surface area contributed by atoms with E-state index in [1.165, 1.54) is 0 Å². The van der Waals surface area contributed by atoms with E-state index >= 15 is 0 Å². The second-order valence-electron chi connectivity index (χ2n) is 4.44. The molecule has 2 rings (SSSR count). The van der Waals surface area contributed by atoms with Crippen LogP contribution < -0.4 is 5.32 Å². The fourth-order valence-corrected chi connectivity index (χ4v) is 2.72. The number of hydrogen-bond donors (Lipinski definition) is 1. The molecule has 1 aliphatic rings. The smallest absolute Gasteiger partial charge is 0.252 e. The molecule has 0 aliphatic heterocycles. The lowest BCUT2D eigenvalue weighted by Gasteiger charge is -2.13. The molecule has 1 amide bonds. The van der Waals surface area contributed by atoms with Crippen LogP contribution in [0.4, 0.5) is 0 Å². The molecule has 0 bridgehead atoms. The molecule has 0 heterocycles. The number of carbonyl (C=O) groups is 1. The van der Waals surface area contributed by atoms with Crippen molar-refractivity contribution in [1.29, 1.82) is 0 Å². The Balaban J connectivity index is 2.02. The summed E-state index contributed by atoms with van der Waals surface area (Å²) in [6.07, 6.45) is 2.22. The molecule has 0 saturated heterocycles. The molecule has 1 aromatic carbocycles. The van der Waals surface area contributed by atoms with Gasteiger partial charge in [-0.2, -0.15) is 0 Å². The number of alkyl halides is 1. The van der Waals surface area contributed by atoms with E-state index in [2.05, 4.69) is 37.2 Å². The molecule has 1 aromatic rings. The molecular weight excluding hydrogens is 369 g/mol. The van der Waals surface area contributed by atoms with Crippen molar-refractivity contribution >= 4 is 49.4 Å². The van der Waals surface area contributed by atoms with Gasteiger partial charge in [-0.15, -0.1) is 11.6 Å². The molecule has 2 nitrogen and oxygen atoms in total. The predicted molar refractivity (Wildman–Crippen MR) is 76.6 cm³/mol. The van der Waals surface area contributed by atoms with Gasteiger partial charge in [-0.25, -0.2) is 0 Å². The fraction of sp³-hybridized carbons (Fsp3) is 0.417. The maximum atomic E-state index is 12.0. The molecule has 17 heavy (non-hydrogen) atoms. The summed E-state index contributed by atoms with van der Waals surface area (Å²) in [4.78, 5) is 12.0. The third kappa shape index (κ3) is 3.24. The van der Waals surface area contributed by atoms with Crippen LogP contribution in [0.25, 0.3) is 0 Å². The lowest BCUT2D eigenvalue weighted by atomic mass is 10.1. The number of rotatable bonds is 4. The van der Waals surface area contributed by atoms with E-state index in [0.717, 1.165) is 21.8 Å². The van der Waals surface area contributed by atoms with Gasteiger partial charge in [-0.3, -0.25) is 4.79 Å². The third-order valence-electron chi connectivity index (χ3n) is 3.04. The molecule has 0 atom stereocenters. The molecule has 5 heteroatoms. The summed E-state index contributed by atoms with van der Waals surface area (Å²) in [7, 11) is 0. The van der Waals surface area contributed by atoms with Crippen LogP contribution >= 0.6 is 43.5 Å². The Morgan fingerprint density at radius 3 is 2.71 bits per heavy atom. The van der Waals surface area contributed by atoms with E-state index in [0.29, 0.717) is 18.0 Å². The number of nitrogens with one attached hydrogen (secondary N) is 1. The average Bonchev–Trinajstić information content (AvgIpc) is 3.10. The molecule has 1 aliphatic carbocycles. The second kappa shape index (κ2) is 5.29. The maximum absolute atomic E-state index is 12.0. The summed E-state index contributed by atoms with van der Waals surface area (Å²) in [5, 5.41) is 2.95. The van der Waals surface area contributed by atoms with E-state index in [4.69, 9.17) is 11.6 Å². The molecule has 0 radical (unpaired) electrons. The summed E-state index contributed by atoms with van der Waals surface area (Å²) in [6.45, 7) is 0.661. The fourth-order valence-electron chi connectivity index (χ4n) is 1.57. The van der Waals surface area contributed by atoms with E-state index in [-0.39, 0.29) is 11.3 Å². The van der Waals surface area contributed by atoms with Crippen LogP contribution in [0.15, 0.2) is 27.1 Å². The molecule has 0 spiro atoms. The second-order valence-corrected chi connectivity index (χ2v) is 6.48. The minimum Gasteiger partial charge on any atom is -0.351 e. The van der Waals surface area contributed by atoms with Crippen molar-refractivity contribution in [3.63, 3.8) is 0 Å². The number of amides is 1. The van der Waals surface area contributed by atoms with Crippen LogP contribution in [0.5, 0.6) is 0 Å². The first-order valence-electron chi connectivity index (χ1n) is 5.36. The number of carbonyl (C=O) groups excluding carboxylic acids is 1. The molecule has 1 N–H and O–H groups in total. The Labute approximate surface area is 122 Å². The van der Waals surface area contributed by atoms with Gasteiger partial charge in [0, 0.05) is 26.8 Å². The first kappa shape index (κ1) is 13.4. The summed E-state index contributed by atoms with van der Waals surface area (Å²) in [6, 6.07) is 5.55. The van der Waals surface area contributed by atoms with Crippen LogP contribution in [-0.2, 0) is 0 Å². The zero-order chi connectivity index (χ0) is 12.5. The minimum atomic E-state index is -0.0606. The quantitative estimate of drug-likeness (QED) is 0.786. The molecule has 0 unspecified atom stereocenters. The highest BCUT2D eigenvalue weighted by molar-refractivity contribution is 9.11. The van der Waals surface area contributed by atoms with Gasteiger partial charge in [0.2, 0.25) is 0 Å². The van der Waals surface area contributed by atoms with Crippen molar-refractivity contribution in [2.75, 3.05) is 12.4 Å². The summed E-state index contributed by atoms with van der Waals surface area (Å²) >= 11 is 12.6. The van der Waals surface area contributed by atoms with Crippen LogP contribution in [-0.4, -0.2) is 18.3 Å². The van der Waals surface area contributed by atoms with E-state index in [1.807, 2.05) is 12.1 Å². The number of hydrogen-bond acceptors (Lipinski definition) is 1. The minimum absolute atomic E-state index is 0.0606. The third-order valence-corrected chi connectivity index (χ3v) is 4.79. The van der Waals surface area contributed by atoms with Gasteiger partial charge < -0.3 is 5.32 Å². The first-order chi connectivity index (χ1) is 8.06. The Hall–Kier alpha value is -0.0600. The molecule has 92 valence electrons. The Morgan fingerprint density at radius 1 is 1.41 bits per heavy atom. The molecule has 1 fully saturated rings. The van der Waals surface area contributed by atoms with E-state index in [9.17, 15) is 4.79 Å². The van der Waals surface area contributed by atoms with Gasteiger partial charge in [0.25, 0.3) is 5.91 Å². The van der Waals surface area contributed by atoms with Crippen molar-refractivity contribution in [1.82, 2.24) is 5.32 Å². The zero-order valence-electron chi connectivity index (χ0n) is 9.10. The Bertz CT molecular complexity index is 446. The normalized spacial score (nSPS) is 16.6. The lowest BCUT2D eigenvalue weighted by Crippen LogP contribution is -2.31. The van der Waals surface area contributed by atoms with Gasteiger partial charge in [0.15, 0.2) is 0 Å². The highest BCUT2D eigenvalue weighted by atomic mass is 79.9. The monoisotopic (exact) mass is 379 g/mol. The summed E-state index contributed by atoms with van der Waals surface area (Å²) in [5.41, 5.74) is 0.792. The first-order valence-corrected chi connectivity index (χ1v) is 7.48. The van der Waals surface area contributed by atoms with Crippen molar-refractivity contribution in [2.24, 2.45) is 5.41 Å². The SMILES string of the molecule is O=C(NCC1(CCl)CC1)c1cc(Br)ccc1Br. The van der Waals surface area contributed by atoms with Crippen molar-refractivity contribution in [3.05, 3.63) is 32.7 Å². The van der Waals surface area contributed by atoms with E-state index in [1.54, 1.807) is 6.07 Å². The maximum Gasteiger partial charge on any atom is 0.252 e. The van der Waals surface area contributed by atoms with Gasteiger partial charge >= 0.3 is 0 Å². The largest absolute Gasteiger partial charge is 0.351 e. The zero-order valence-corrected chi connectivity index (χ0v) is 13.0. The molecule has 0 aromatic heterocycles. The topological polar surface area (TPSA) is 29.1 Å². The van der Waals surface area contributed by atoms with Gasteiger partial charge in [-0.05, 0) is 47.0 Å². The standard InChI is InChI=1S/C12H12Br2ClNO/c13-8-1-2-10(14)9(5-8)11(17)16-7-12(6-15)3-4-12/h1-2,5H,3-4,6-7H2,(H,16,17). The predicted octanol–water partition coefficient (Wildman–Crippen LogP) is 3.96. The average molecular weight is 381 g/mol. The highest BCUT2D eigenvalue weighted by Crippen LogP contribution is 2.45. The number of halogens is 3. The highest BCUT2D eigenvalue weighted by Gasteiger charge is 2.41. The van der Waals surface area contributed by atoms with Crippen molar-refractivity contribution in [3.8, 4) is 0 Å². The molecular formula is C12H12Br2ClNO. The van der Waals surface area contributed by atoms with Crippen LogP contribution in [0, 0.1) is 5.41 Å². The van der Waals surface area contributed by atoms with Crippen LogP contribution in [0.3, 0.4) is 0 Å². The molecule has 1 saturated carbocycles. The Kier molecular flexibility index (Phi) is 4.16. The Morgan fingerprint density at radius 2 is 2.12 bits per heavy atom. The van der Waals surface area contributed by atoms with E-state index < -0.39 is 0 Å². The van der Waals surface area contributed by atoms with Crippen molar-refractivity contribution < 1.29 is 4.79 Å². The van der Waals surface area contributed by atoms with Crippen LogP contribution in [0.1, 0.15) is 23.2 Å². The number of benzene rings is 1. The summed E-state index contributed by atoms with van der Waals surface area (Å²) in [5.74, 6) is 0.557. The van der Waals surface area contributed by atoms with Gasteiger partial charge in [0.1, 0.15) is 0 Å². The van der Waals surface area contributed by atoms with Crippen molar-refractivity contribution in [2.45, 2.75) is 12.8 Å². The van der Waals surface area contributed by atoms with Gasteiger partial charge in [-0.1, -0.05) is 15.9 Å². The van der Waals surface area contributed by atoms with Gasteiger partial charge in [0.05, 0.1) is 5.56 Å². The lowest BCUT2D eigenvalue weighted by molar-refractivity contribution is 0.0945. The summed E-state index contributed by atoms with van der Waals surface area (Å²) < 4.78 is 1.69. The van der Waals surface area contributed by atoms with Crippen LogP contribution in [0.2, 0.25) is 0 Å².